The number of primary amides is 1. The minimum atomic E-state index is -0.217. The number of benzene rings is 1. The van der Waals surface area contributed by atoms with Gasteiger partial charge in [0.15, 0.2) is 0 Å². The molecule has 1 aromatic rings. The van der Waals surface area contributed by atoms with Crippen LogP contribution in [-0.2, 0) is 11.2 Å². The molecule has 1 amide bonds. The Labute approximate surface area is 97.0 Å². The summed E-state index contributed by atoms with van der Waals surface area (Å²) in [6.07, 6.45) is 3.54. The standard InChI is InChI=1S/C13H20N2O/c14-13(16)9-5-11-15-10-4-8-12-6-2-1-3-7-12/h1-3,6-7,15H,4-5,8-11H2,(H2,14,16). The Bertz CT molecular complexity index is 298. The maximum Gasteiger partial charge on any atom is 0.217 e. The quantitative estimate of drug-likeness (QED) is 0.652. The van der Waals surface area contributed by atoms with Crippen molar-refractivity contribution < 1.29 is 4.79 Å². The molecule has 0 aliphatic heterocycles. The Morgan fingerprint density at radius 2 is 1.81 bits per heavy atom. The van der Waals surface area contributed by atoms with Crippen molar-refractivity contribution >= 4 is 5.91 Å². The van der Waals surface area contributed by atoms with Crippen LogP contribution in [-0.4, -0.2) is 19.0 Å². The van der Waals surface area contributed by atoms with Crippen molar-refractivity contribution in [2.45, 2.75) is 25.7 Å². The van der Waals surface area contributed by atoms with Gasteiger partial charge in [-0.05, 0) is 37.9 Å². The molecule has 0 bridgehead atoms. The fraction of sp³-hybridized carbons (Fsp3) is 0.462. The maximum absolute atomic E-state index is 10.5. The summed E-state index contributed by atoms with van der Waals surface area (Å²) < 4.78 is 0. The van der Waals surface area contributed by atoms with Gasteiger partial charge in [0, 0.05) is 6.42 Å². The van der Waals surface area contributed by atoms with E-state index in [0.717, 1.165) is 32.4 Å². The van der Waals surface area contributed by atoms with Gasteiger partial charge in [0.05, 0.1) is 0 Å². The van der Waals surface area contributed by atoms with Crippen molar-refractivity contribution in [2.24, 2.45) is 5.73 Å². The molecule has 3 N–H and O–H groups in total. The summed E-state index contributed by atoms with van der Waals surface area (Å²) in [6.45, 7) is 1.87. The summed E-state index contributed by atoms with van der Waals surface area (Å²) in [5.74, 6) is -0.217. The number of amides is 1. The van der Waals surface area contributed by atoms with Crippen molar-refractivity contribution in [2.75, 3.05) is 13.1 Å². The molecule has 0 aromatic heterocycles. The van der Waals surface area contributed by atoms with E-state index in [0.29, 0.717) is 6.42 Å². The highest BCUT2D eigenvalue weighted by atomic mass is 16.1. The first-order valence-corrected chi connectivity index (χ1v) is 5.82. The average molecular weight is 220 g/mol. The Kier molecular flexibility index (Phi) is 6.26. The third kappa shape index (κ3) is 6.19. The van der Waals surface area contributed by atoms with E-state index in [-0.39, 0.29) is 5.91 Å². The van der Waals surface area contributed by atoms with Crippen LogP contribution in [0.4, 0.5) is 0 Å². The van der Waals surface area contributed by atoms with Crippen molar-refractivity contribution in [3.63, 3.8) is 0 Å². The maximum atomic E-state index is 10.5. The second kappa shape index (κ2) is 7.88. The molecule has 3 nitrogen and oxygen atoms in total. The lowest BCUT2D eigenvalue weighted by molar-refractivity contribution is -0.118. The molecular weight excluding hydrogens is 200 g/mol. The first kappa shape index (κ1) is 12.7. The zero-order valence-corrected chi connectivity index (χ0v) is 9.61. The van der Waals surface area contributed by atoms with Gasteiger partial charge in [-0.3, -0.25) is 4.79 Å². The van der Waals surface area contributed by atoms with E-state index in [1.807, 2.05) is 6.07 Å². The highest BCUT2D eigenvalue weighted by molar-refractivity contribution is 5.73. The van der Waals surface area contributed by atoms with Gasteiger partial charge in [-0.1, -0.05) is 30.3 Å². The summed E-state index contributed by atoms with van der Waals surface area (Å²) in [4.78, 5) is 10.5. The molecule has 0 atom stereocenters. The second-order valence-corrected chi connectivity index (χ2v) is 3.91. The van der Waals surface area contributed by atoms with E-state index >= 15 is 0 Å². The summed E-state index contributed by atoms with van der Waals surface area (Å²) >= 11 is 0. The number of carbonyl (C=O) groups is 1. The minimum absolute atomic E-state index is 0.217. The van der Waals surface area contributed by atoms with Gasteiger partial charge >= 0.3 is 0 Å². The van der Waals surface area contributed by atoms with Crippen LogP contribution in [0.25, 0.3) is 0 Å². The van der Waals surface area contributed by atoms with Gasteiger partial charge in [-0.25, -0.2) is 0 Å². The molecule has 16 heavy (non-hydrogen) atoms. The number of rotatable bonds is 8. The summed E-state index contributed by atoms with van der Waals surface area (Å²) in [5, 5.41) is 3.30. The molecule has 1 rings (SSSR count). The van der Waals surface area contributed by atoms with Gasteiger partial charge in [0.1, 0.15) is 0 Å². The summed E-state index contributed by atoms with van der Waals surface area (Å²) in [5.41, 5.74) is 6.42. The van der Waals surface area contributed by atoms with E-state index in [1.165, 1.54) is 5.56 Å². The summed E-state index contributed by atoms with van der Waals surface area (Å²) in [7, 11) is 0. The fourth-order valence-electron chi connectivity index (χ4n) is 1.57. The van der Waals surface area contributed by atoms with Gasteiger partial charge in [-0.2, -0.15) is 0 Å². The van der Waals surface area contributed by atoms with Crippen LogP contribution in [0.15, 0.2) is 30.3 Å². The Morgan fingerprint density at radius 1 is 1.12 bits per heavy atom. The smallest absolute Gasteiger partial charge is 0.217 e. The topological polar surface area (TPSA) is 55.1 Å². The molecule has 1 aromatic carbocycles. The van der Waals surface area contributed by atoms with E-state index in [9.17, 15) is 4.79 Å². The number of aryl methyl sites for hydroxylation is 1. The fourth-order valence-corrected chi connectivity index (χ4v) is 1.57. The predicted octanol–water partition coefficient (Wildman–Crippen LogP) is 1.47. The zero-order valence-electron chi connectivity index (χ0n) is 9.61. The Balaban J connectivity index is 1.94. The SMILES string of the molecule is NC(=O)CCCNCCCc1ccccc1. The lowest BCUT2D eigenvalue weighted by atomic mass is 10.1. The van der Waals surface area contributed by atoms with Crippen molar-refractivity contribution in [1.29, 1.82) is 0 Å². The van der Waals surface area contributed by atoms with Gasteiger partial charge < -0.3 is 11.1 Å². The third-order valence-electron chi connectivity index (χ3n) is 2.44. The van der Waals surface area contributed by atoms with Crippen LogP contribution < -0.4 is 11.1 Å². The molecule has 0 saturated carbocycles. The van der Waals surface area contributed by atoms with Gasteiger partial charge in [-0.15, -0.1) is 0 Å². The molecule has 0 fully saturated rings. The molecule has 88 valence electrons. The number of hydrogen-bond donors (Lipinski definition) is 2. The number of carbonyl (C=O) groups excluding carboxylic acids is 1. The largest absolute Gasteiger partial charge is 0.370 e. The number of nitrogens with two attached hydrogens (primary N) is 1. The predicted molar refractivity (Wildman–Crippen MR) is 66.1 cm³/mol. The number of nitrogens with one attached hydrogen (secondary N) is 1. The summed E-state index contributed by atoms with van der Waals surface area (Å²) in [6, 6.07) is 10.5. The monoisotopic (exact) mass is 220 g/mol. The average Bonchev–Trinajstić information content (AvgIpc) is 2.29. The number of hydrogen-bond acceptors (Lipinski definition) is 2. The van der Waals surface area contributed by atoms with E-state index in [4.69, 9.17) is 5.73 Å². The highest BCUT2D eigenvalue weighted by Crippen LogP contribution is 2.01. The molecule has 0 spiro atoms. The minimum Gasteiger partial charge on any atom is -0.370 e. The van der Waals surface area contributed by atoms with Crippen LogP contribution in [0, 0.1) is 0 Å². The lowest BCUT2D eigenvalue weighted by Crippen LogP contribution is -2.19. The second-order valence-electron chi connectivity index (χ2n) is 3.91. The molecule has 0 saturated heterocycles. The third-order valence-corrected chi connectivity index (χ3v) is 2.44. The lowest BCUT2D eigenvalue weighted by Gasteiger charge is -2.03. The van der Waals surface area contributed by atoms with Crippen molar-refractivity contribution in [3.05, 3.63) is 35.9 Å². The zero-order chi connectivity index (χ0) is 11.6. The van der Waals surface area contributed by atoms with Crippen LogP contribution in [0.5, 0.6) is 0 Å². The molecule has 0 unspecified atom stereocenters. The Morgan fingerprint density at radius 3 is 2.50 bits per heavy atom. The van der Waals surface area contributed by atoms with Crippen LogP contribution in [0.3, 0.4) is 0 Å². The van der Waals surface area contributed by atoms with E-state index < -0.39 is 0 Å². The van der Waals surface area contributed by atoms with Crippen LogP contribution in [0.1, 0.15) is 24.8 Å². The van der Waals surface area contributed by atoms with E-state index in [2.05, 4.69) is 29.6 Å². The molecule has 3 heteroatoms. The van der Waals surface area contributed by atoms with Crippen LogP contribution >= 0.6 is 0 Å². The van der Waals surface area contributed by atoms with Gasteiger partial charge in [0.2, 0.25) is 5.91 Å². The molecule has 0 aliphatic carbocycles. The van der Waals surface area contributed by atoms with E-state index in [1.54, 1.807) is 0 Å². The molecular formula is C13H20N2O. The van der Waals surface area contributed by atoms with Gasteiger partial charge in [0.25, 0.3) is 0 Å². The first-order chi connectivity index (χ1) is 7.79. The normalized spacial score (nSPS) is 10.2. The van der Waals surface area contributed by atoms with Crippen LogP contribution in [0.2, 0.25) is 0 Å². The molecule has 0 aliphatic rings. The highest BCUT2D eigenvalue weighted by Gasteiger charge is 1.94. The van der Waals surface area contributed by atoms with Crippen molar-refractivity contribution in [3.8, 4) is 0 Å². The first-order valence-electron chi connectivity index (χ1n) is 5.82. The Hall–Kier alpha value is -1.35. The molecule has 0 radical (unpaired) electrons. The molecule has 0 heterocycles. The van der Waals surface area contributed by atoms with Crippen molar-refractivity contribution in [1.82, 2.24) is 5.32 Å².